The molecule has 0 spiro atoms. The number of hydrogen-bond acceptors (Lipinski definition) is 5. The molecule has 3 rings (SSSR count). The maximum atomic E-state index is 11.6. The number of nitrogens with one attached hydrogen (secondary N) is 2. The Morgan fingerprint density at radius 3 is 3.11 bits per heavy atom. The molecule has 0 unspecified atom stereocenters. The van der Waals surface area contributed by atoms with Crippen molar-refractivity contribution >= 4 is 24.5 Å². The van der Waals surface area contributed by atoms with Gasteiger partial charge in [0, 0.05) is 0 Å². The van der Waals surface area contributed by atoms with Crippen LogP contribution in [0.5, 0.6) is 5.75 Å². The quantitative estimate of drug-likeness (QED) is 0.778. The topological polar surface area (TPSA) is 92.4 Å². The minimum absolute atomic E-state index is 0.00460. The van der Waals surface area contributed by atoms with Crippen molar-refractivity contribution in [2.75, 3.05) is 5.32 Å². The zero-order valence-electron chi connectivity index (χ0n) is 9.46. The van der Waals surface area contributed by atoms with Gasteiger partial charge in [0.05, 0.1) is 0 Å². The van der Waals surface area contributed by atoms with Crippen molar-refractivity contribution in [3.63, 3.8) is 0 Å². The summed E-state index contributed by atoms with van der Waals surface area (Å²) in [6, 6.07) is 0. The first kappa shape index (κ1) is 10.9. The third kappa shape index (κ3) is 1.96. The molecule has 1 fully saturated rings. The molecule has 1 aliphatic carbocycles. The Balaban J connectivity index is 1.86. The molecular formula is C10H10BN5O2. The summed E-state index contributed by atoms with van der Waals surface area (Å²) in [7, 11) is 0.833. The first-order valence-electron chi connectivity index (χ1n) is 5.58. The number of fused-ring (bicyclic) bond motifs is 1. The second kappa shape index (κ2) is 4.21. The summed E-state index contributed by atoms with van der Waals surface area (Å²) in [6.07, 6.45) is 6.57. The van der Waals surface area contributed by atoms with Gasteiger partial charge in [-0.15, -0.1) is 0 Å². The van der Waals surface area contributed by atoms with Crippen LogP contribution >= 0.6 is 0 Å². The Bertz CT molecular complexity index is 622. The third-order valence-electron chi connectivity index (χ3n) is 2.75. The molecule has 1 saturated carbocycles. The molecule has 7 nitrogen and oxygen atoms in total. The van der Waals surface area contributed by atoms with Gasteiger partial charge in [0.25, 0.3) is 0 Å². The van der Waals surface area contributed by atoms with Crippen molar-refractivity contribution in [2.24, 2.45) is 5.92 Å². The van der Waals surface area contributed by atoms with Crippen molar-refractivity contribution in [3.8, 4) is 5.75 Å². The van der Waals surface area contributed by atoms with E-state index in [9.17, 15) is 4.79 Å². The Morgan fingerprint density at radius 2 is 2.39 bits per heavy atom. The number of carbonyl (C=O) groups is 1. The van der Waals surface area contributed by atoms with Gasteiger partial charge in [-0.05, 0) is 0 Å². The van der Waals surface area contributed by atoms with Crippen LogP contribution in [0.3, 0.4) is 0 Å². The molecule has 2 N–H and O–H groups in total. The van der Waals surface area contributed by atoms with Crippen molar-refractivity contribution in [2.45, 2.75) is 12.8 Å². The van der Waals surface area contributed by atoms with Crippen LogP contribution in [0.1, 0.15) is 12.8 Å². The van der Waals surface area contributed by atoms with Crippen molar-refractivity contribution in [1.82, 2.24) is 14.6 Å². The average molecular weight is 243 g/mol. The standard InChI is InChI=1S/C10H10BN5O2/c12-11-18-8-4-14-16-5-9(13-3-7(8)16)15-10(17)6-1-2-6/h3-6,12H,1-2H2,(H,15,17). The van der Waals surface area contributed by atoms with Crippen molar-refractivity contribution in [1.29, 1.82) is 5.31 Å². The van der Waals surface area contributed by atoms with E-state index in [2.05, 4.69) is 15.4 Å². The minimum atomic E-state index is 0.00460. The Morgan fingerprint density at radius 1 is 1.56 bits per heavy atom. The summed E-state index contributed by atoms with van der Waals surface area (Å²) >= 11 is 0. The first-order chi connectivity index (χ1) is 8.78. The van der Waals surface area contributed by atoms with Gasteiger partial charge in [-0.2, -0.15) is 0 Å². The van der Waals surface area contributed by atoms with Crippen LogP contribution in [0, 0.1) is 11.2 Å². The zero-order chi connectivity index (χ0) is 12.5. The molecule has 0 saturated heterocycles. The summed E-state index contributed by atoms with van der Waals surface area (Å²) in [4.78, 5) is 15.7. The second-order valence-electron chi connectivity index (χ2n) is 4.11. The maximum absolute atomic E-state index is 11.6. The summed E-state index contributed by atoms with van der Waals surface area (Å²) in [5, 5.41) is 13.7. The number of rotatable bonds is 4. The van der Waals surface area contributed by atoms with Crippen molar-refractivity contribution < 1.29 is 9.45 Å². The van der Waals surface area contributed by atoms with E-state index in [-0.39, 0.29) is 11.8 Å². The fourth-order valence-electron chi connectivity index (χ4n) is 1.65. The molecule has 18 heavy (non-hydrogen) atoms. The van der Waals surface area contributed by atoms with Gasteiger partial charge in [-0.1, -0.05) is 0 Å². The number of anilines is 1. The molecule has 2 aromatic heterocycles. The second-order valence-corrected chi connectivity index (χ2v) is 4.11. The molecule has 1 amide bonds. The third-order valence-corrected chi connectivity index (χ3v) is 2.75. The molecule has 2 heterocycles. The fourth-order valence-corrected chi connectivity index (χ4v) is 1.65. The molecule has 0 radical (unpaired) electrons. The van der Waals surface area contributed by atoms with E-state index in [1.54, 1.807) is 16.9 Å². The molecule has 0 bridgehead atoms. The SMILES string of the molecule is N=BOc1cnn2cc(NC(=O)C3CC3)ncc12. The van der Waals surface area contributed by atoms with E-state index in [4.69, 9.17) is 9.97 Å². The van der Waals surface area contributed by atoms with Gasteiger partial charge in [0.2, 0.25) is 0 Å². The van der Waals surface area contributed by atoms with Crippen LogP contribution in [0.4, 0.5) is 5.82 Å². The molecule has 8 heteroatoms. The van der Waals surface area contributed by atoms with E-state index in [1.807, 2.05) is 0 Å². The van der Waals surface area contributed by atoms with Gasteiger partial charge < -0.3 is 0 Å². The Labute approximate surface area is 103 Å². The van der Waals surface area contributed by atoms with E-state index in [1.165, 1.54) is 6.20 Å². The van der Waals surface area contributed by atoms with E-state index >= 15 is 0 Å². The van der Waals surface area contributed by atoms with Gasteiger partial charge in [-0.25, -0.2) is 0 Å². The molecule has 2 aromatic rings. The van der Waals surface area contributed by atoms with Gasteiger partial charge in [-0.3, -0.25) is 0 Å². The van der Waals surface area contributed by atoms with Crippen LogP contribution in [-0.4, -0.2) is 27.8 Å². The normalized spacial score (nSPS) is 14.2. The molecule has 0 atom stereocenters. The molecule has 1 aliphatic rings. The van der Waals surface area contributed by atoms with E-state index in [0.717, 1.165) is 20.1 Å². The molecule has 0 aliphatic heterocycles. The van der Waals surface area contributed by atoms with Gasteiger partial charge >= 0.3 is 102 Å². The summed E-state index contributed by atoms with van der Waals surface area (Å²) in [6.45, 7) is 0. The van der Waals surface area contributed by atoms with Gasteiger partial charge in [0.1, 0.15) is 0 Å². The van der Waals surface area contributed by atoms with Crippen LogP contribution in [0.25, 0.3) is 5.52 Å². The Hall–Kier alpha value is -2.25. The fraction of sp³-hybridized carbons (Fsp3) is 0.300. The van der Waals surface area contributed by atoms with E-state index in [0.29, 0.717) is 17.1 Å². The Kier molecular flexibility index (Phi) is 2.54. The zero-order valence-corrected chi connectivity index (χ0v) is 9.46. The van der Waals surface area contributed by atoms with Crippen LogP contribution in [0.15, 0.2) is 18.6 Å². The summed E-state index contributed by atoms with van der Waals surface area (Å²) in [5.74, 6) is 1.06. The average Bonchev–Trinajstić information content (AvgIpc) is 3.14. The van der Waals surface area contributed by atoms with E-state index < -0.39 is 0 Å². The van der Waals surface area contributed by atoms with Gasteiger partial charge in [0.15, 0.2) is 0 Å². The molecular weight excluding hydrogens is 233 g/mol. The predicted molar refractivity (Wildman–Crippen MR) is 63.4 cm³/mol. The van der Waals surface area contributed by atoms with Crippen molar-refractivity contribution in [3.05, 3.63) is 18.6 Å². The first-order valence-corrected chi connectivity index (χ1v) is 5.58. The number of amides is 1. The predicted octanol–water partition coefficient (Wildman–Crippen LogP) is 0.838. The number of nitrogens with zero attached hydrogens (tertiary/aromatic N) is 3. The number of hydrogen-bond donors (Lipinski definition) is 2. The van der Waals surface area contributed by atoms with Crippen LogP contribution in [-0.2, 0) is 4.79 Å². The summed E-state index contributed by atoms with van der Waals surface area (Å²) in [5.41, 5.74) is 0.642. The molecule has 90 valence electrons. The monoisotopic (exact) mass is 243 g/mol. The number of aromatic nitrogens is 3. The molecule has 0 aromatic carbocycles. The van der Waals surface area contributed by atoms with Crippen LogP contribution in [0.2, 0.25) is 0 Å². The summed E-state index contributed by atoms with van der Waals surface area (Å²) < 4.78 is 6.51. The number of carbonyl (C=O) groups excluding carboxylic acids is 1. The van der Waals surface area contributed by atoms with Crippen LogP contribution < -0.4 is 9.97 Å².